The highest BCUT2D eigenvalue weighted by Crippen LogP contribution is 2.31. The molecule has 0 aromatic rings. The molecule has 0 radical (unpaired) electrons. The summed E-state index contributed by atoms with van der Waals surface area (Å²) < 4.78 is 4.83. The predicted molar refractivity (Wildman–Crippen MR) is 65.3 cm³/mol. The summed E-state index contributed by atoms with van der Waals surface area (Å²) in [7, 11) is 1.46. The van der Waals surface area contributed by atoms with Crippen molar-refractivity contribution in [3.8, 4) is 0 Å². The Morgan fingerprint density at radius 2 is 1.81 bits per heavy atom. The first-order valence-electron chi connectivity index (χ1n) is 6.08. The second-order valence-electron chi connectivity index (χ2n) is 6.32. The summed E-state index contributed by atoms with van der Waals surface area (Å²) in [5.74, 6) is -0.114. The van der Waals surface area contributed by atoms with Crippen molar-refractivity contribution in [1.29, 1.82) is 0 Å². The van der Waals surface area contributed by atoms with E-state index in [4.69, 9.17) is 4.74 Å². The highest BCUT2D eigenvalue weighted by Gasteiger charge is 2.33. The van der Waals surface area contributed by atoms with Crippen LogP contribution in [0.1, 0.15) is 40.5 Å². The van der Waals surface area contributed by atoms with Gasteiger partial charge in [0, 0.05) is 6.54 Å². The van der Waals surface area contributed by atoms with Crippen LogP contribution < -0.4 is 0 Å². The second-order valence-corrected chi connectivity index (χ2v) is 6.32. The SMILES string of the molecule is COC(=O)C(C)(C)CN1CCC(C)(C)CC1. The number of rotatable bonds is 3. The van der Waals surface area contributed by atoms with Crippen LogP contribution in [0.25, 0.3) is 0 Å². The molecule has 1 heterocycles. The number of esters is 1. The molecule has 1 rings (SSSR count). The number of hydrogen-bond donors (Lipinski definition) is 0. The fourth-order valence-electron chi connectivity index (χ4n) is 2.22. The molecule has 1 saturated heterocycles. The summed E-state index contributed by atoms with van der Waals surface area (Å²) in [6.45, 7) is 11.5. The molecule has 0 N–H and O–H groups in total. The standard InChI is InChI=1S/C13H25NO2/c1-12(2)6-8-14(9-7-12)10-13(3,4)11(15)16-5/h6-10H2,1-5H3. The zero-order valence-corrected chi connectivity index (χ0v) is 11.3. The molecule has 0 atom stereocenters. The molecule has 0 bridgehead atoms. The van der Waals surface area contributed by atoms with E-state index in [9.17, 15) is 4.79 Å². The highest BCUT2D eigenvalue weighted by molar-refractivity contribution is 5.76. The molecule has 1 aliphatic rings. The Labute approximate surface area is 99.1 Å². The Morgan fingerprint density at radius 1 is 1.31 bits per heavy atom. The summed E-state index contributed by atoms with van der Waals surface area (Å²) >= 11 is 0. The number of ether oxygens (including phenoxy) is 1. The average Bonchev–Trinajstić information content (AvgIpc) is 2.20. The summed E-state index contributed by atoms with van der Waals surface area (Å²) in [4.78, 5) is 14.0. The molecule has 3 heteroatoms. The lowest BCUT2D eigenvalue weighted by atomic mass is 9.81. The molecule has 0 aromatic carbocycles. The van der Waals surface area contributed by atoms with Crippen molar-refractivity contribution >= 4 is 5.97 Å². The number of carbonyl (C=O) groups excluding carboxylic acids is 1. The lowest BCUT2D eigenvalue weighted by molar-refractivity contribution is -0.152. The van der Waals surface area contributed by atoms with Gasteiger partial charge in [-0.2, -0.15) is 0 Å². The van der Waals surface area contributed by atoms with Crippen LogP contribution in [-0.4, -0.2) is 37.6 Å². The van der Waals surface area contributed by atoms with Crippen LogP contribution in [0.15, 0.2) is 0 Å². The van der Waals surface area contributed by atoms with Gasteiger partial charge in [0.2, 0.25) is 0 Å². The molecular formula is C13H25NO2. The van der Waals surface area contributed by atoms with Crippen LogP contribution in [0.4, 0.5) is 0 Å². The minimum Gasteiger partial charge on any atom is -0.469 e. The van der Waals surface area contributed by atoms with Crippen molar-refractivity contribution in [3.63, 3.8) is 0 Å². The molecule has 0 spiro atoms. The van der Waals surface area contributed by atoms with Crippen molar-refractivity contribution in [1.82, 2.24) is 4.90 Å². The van der Waals surface area contributed by atoms with E-state index in [2.05, 4.69) is 18.7 Å². The number of piperidine rings is 1. The van der Waals surface area contributed by atoms with Gasteiger partial charge in [-0.25, -0.2) is 0 Å². The van der Waals surface area contributed by atoms with E-state index < -0.39 is 5.41 Å². The van der Waals surface area contributed by atoms with Gasteiger partial charge in [0.1, 0.15) is 0 Å². The molecular weight excluding hydrogens is 202 g/mol. The molecule has 3 nitrogen and oxygen atoms in total. The van der Waals surface area contributed by atoms with Gasteiger partial charge in [-0.05, 0) is 45.2 Å². The van der Waals surface area contributed by atoms with Gasteiger partial charge >= 0.3 is 5.97 Å². The van der Waals surface area contributed by atoms with Gasteiger partial charge in [0.05, 0.1) is 12.5 Å². The van der Waals surface area contributed by atoms with E-state index in [0.29, 0.717) is 5.41 Å². The van der Waals surface area contributed by atoms with Crippen molar-refractivity contribution < 1.29 is 9.53 Å². The zero-order valence-electron chi connectivity index (χ0n) is 11.3. The van der Waals surface area contributed by atoms with E-state index in [1.165, 1.54) is 20.0 Å². The van der Waals surface area contributed by atoms with Gasteiger partial charge in [-0.1, -0.05) is 13.8 Å². The van der Waals surface area contributed by atoms with Crippen LogP contribution in [0.5, 0.6) is 0 Å². The maximum atomic E-state index is 11.6. The molecule has 0 unspecified atom stereocenters. The average molecular weight is 227 g/mol. The third-order valence-electron chi connectivity index (χ3n) is 3.57. The van der Waals surface area contributed by atoms with Crippen LogP contribution >= 0.6 is 0 Å². The van der Waals surface area contributed by atoms with E-state index in [-0.39, 0.29) is 5.97 Å². The largest absolute Gasteiger partial charge is 0.469 e. The third-order valence-corrected chi connectivity index (χ3v) is 3.57. The fraction of sp³-hybridized carbons (Fsp3) is 0.923. The molecule has 1 aliphatic heterocycles. The van der Waals surface area contributed by atoms with Gasteiger partial charge in [-0.3, -0.25) is 4.79 Å². The summed E-state index contributed by atoms with van der Waals surface area (Å²) in [6, 6.07) is 0. The van der Waals surface area contributed by atoms with E-state index in [1.807, 2.05) is 13.8 Å². The van der Waals surface area contributed by atoms with E-state index in [0.717, 1.165) is 19.6 Å². The van der Waals surface area contributed by atoms with Crippen molar-refractivity contribution in [3.05, 3.63) is 0 Å². The number of carbonyl (C=O) groups is 1. The van der Waals surface area contributed by atoms with Gasteiger partial charge in [0.25, 0.3) is 0 Å². The van der Waals surface area contributed by atoms with Crippen LogP contribution in [0.2, 0.25) is 0 Å². The number of methoxy groups -OCH3 is 1. The number of nitrogens with zero attached hydrogens (tertiary/aromatic N) is 1. The number of hydrogen-bond acceptors (Lipinski definition) is 3. The molecule has 0 amide bonds. The Balaban J connectivity index is 2.47. The fourth-order valence-corrected chi connectivity index (χ4v) is 2.22. The Bertz CT molecular complexity index is 249. The normalized spacial score (nSPS) is 21.8. The minimum absolute atomic E-state index is 0.114. The van der Waals surface area contributed by atoms with Crippen molar-refractivity contribution in [2.45, 2.75) is 40.5 Å². The molecule has 0 aliphatic carbocycles. The Kier molecular flexibility index (Phi) is 4.00. The van der Waals surface area contributed by atoms with Crippen molar-refractivity contribution in [2.75, 3.05) is 26.7 Å². The molecule has 0 saturated carbocycles. The first kappa shape index (κ1) is 13.5. The zero-order chi connectivity index (χ0) is 12.4. The highest BCUT2D eigenvalue weighted by atomic mass is 16.5. The summed E-state index contributed by atoms with van der Waals surface area (Å²) in [6.07, 6.45) is 2.43. The lowest BCUT2D eigenvalue weighted by Gasteiger charge is -2.39. The van der Waals surface area contributed by atoms with Crippen molar-refractivity contribution in [2.24, 2.45) is 10.8 Å². The molecule has 94 valence electrons. The Morgan fingerprint density at radius 3 is 2.25 bits per heavy atom. The van der Waals surface area contributed by atoms with E-state index >= 15 is 0 Å². The van der Waals surface area contributed by atoms with Crippen LogP contribution in [0.3, 0.4) is 0 Å². The van der Waals surface area contributed by atoms with Crippen LogP contribution in [0, 0.1) is 10.8 Å². The van der Waals surface area contributed by atoms with Gasteiger partial charge in [-0.15, -0.1) is 0 Å². The Hall–Kier alpha value is -0.570. The summed E-state index contributed by atoms with van der Waals surface area (Å²) in [5.41, 5.74) is 0.0716. The maximum Gasteiger partial charge on any atom is 0.312 e. The smallest absolute Gasteiger partial charge is 0.312 e. The predicted octanol–water partition coefficient (Wildman–Crippen LogP) is 2.31. The molecule has 16 heavy (non-hydrogen) atoms. The first-order valence-corrected chi connectivity index (χ1v) is 6.08. The van der Waals surface area contributed by atoms with Crippen LogP contribution in [-0.2, 0) is 9.53 Å². The topological polar surface area (TPSA) is 29.5 Å². The summed E-state index contributed by atoms with van der Waals surface area (Å²) in [5, 5.41) is 0. The third kappa shape index (κ3) is 3.48. The monoisotopic (exact) mass is 227 g/mol. The quantitative estimate of drug-likeness (QED) is 0.693. The second kappa shape index (κ2) is 4.74. The van der Waals surface area contributed by atoms with Gasteiger partial charge < -0.3 is 9.64 Å². The minimum atomic E-state index is -0.393. The maximum absolute atomic E-state index is 11.6. The van der Waals surface area contributed by atoms with Gasteiger partial charge in [0.15, 0.2) is 0 Å². The first-order chi connectivity index (χ1) is 7.27. The van der Waals surface area contributed by atoms with E-state index in [1.54, 1.807) is 0 Å². The molecule has 0 aromatic heterocycles. The number of likely N-dealkylation sites (tertiary alicyclic amines) is 1. The lowest BCUT2D eigenvalue weighted by Crippen LogP contribution is -2.45. The molecule has 1 fully saturated rings.